The Bertz CT molecular complexity index is 1220. The van der Waals surface area contributed by atoms with Crippen LogP contribution in [0.2, 0.25) is 5.02 Å². The predicted molar refractivity (Wildman–Crippen MR) is 143 cm³/mol. The van der Waals surface area contributed by atoms with E-state index in [2.05, 4.69) is 5.32 Å². The van der Waals surface area contributed by atoms with Crippen molar-refractivity contribution in [2.75, 3.05) is 17.1 Å². The van der Waals surface area contributed by atoms with Crippen molar-refractivity contribution in [3.63, 3.8) is 0 Å². The summed E-state index contributed by atoms with van der Waals surface area (Å²) in [5.74, 6) is -1.17. The zero-order valence-electron chi connectivity index (χ0n) is 21.5. The molecule has 0 saturated carbocycles. The van der Waals surface area contributed by atoms with Crippen LogP contribution in [0, 0.1) is 0 Å². The van der Waals surface area contributed by atoms with Crippen molar-refractivity contribution in [3.8, 4) is 0 Å². The molecule has 0 unspecified atom stereocenters. The van der Waals surface area contributed by atoms with Gasteiger partial charge in [0.2, 0.25) is 21.8 Å². The van der Waals surface area contributed by atoms with E-state index in [0.717, 1.165) is 10.6 Å². The first-order chi connectivity index (χ1) is 16.6. The predicted octanol–water partition coefficient (Wildman–Crippen LogP) is 4.03. The van der Waals surface area contributed by atoms with Crippen LogP contribution in [0.4, 0.5) is 5.69 Å². The lowest BCUT2D eigenvalue weighted by Crippen LogP contribution is -2.55. The minimum atomic E-state index is -3.90. The van der Waals surface area contributed by atoms with Gasteiger partial charge in [-0.25, -0.2) is 8.42 Å². The van der Waals surface area contributed by atoms with E-state index in [1.807, 2.05) is 20.8 Å². The number of nitrogens with one attached hydrogen (secondary N) is 1. The smallest absolute Gasteiger partial charge is 0.244 e. The molecular weight excluding hydrogens is 502 g/mol. The molecule has 2 aromatic rings. The Hall–Kier alpha value is -2.91. The van der Waals surface area contributed by atoms with Crippen LogP contribution < -0.4 is 9.62 Å². The van der Waals surface area contributed by atoms with Crippen molar-refractivity contribution < 1.29 is 22.8 Å². The second-order valence-corrected chi connectivity index (χ2v) is 12.0. The number of hydrogen-bond acceptors (Lipinski definition) is 5. The van der Waals surface area contributed by atoms with Crippen molar-refractivity contribution >= 4 is 44.9 Å². The van der Waals surface area contributed by atoms with Crippen LogP contribution in [-0.2, 0) is 26.2 Å². The number of anilines is 1. The molecule has 36 heavy (non-hydrogen) atoms. The maximum absolute atomic E-state index is 13.7. The molecule has 8 nitrogen and oxygen atoms in total. The molecule has 1 atom stereocenters. The Morgan fingerprint density at radius 2 is 1.69 bits per heavy atom. The second kappa shape index (κ2) is 11.9. The Balaban J connectivity index is 2.51. The van der Waals surface area contributed by atoms with Gasteiger partial charge in [-0.05, 0) is 57.9 Å². The summed E-state index contributed by atoms with van der Waals surface area (Å²) in [5.41, 5.74) is 0.593. The number of amides is 2. The first-order valence-electron chi connectivity index (χ1n) is 11.6. The van der Waals surface area contributed by atoms with E-state index in [0.29, 0.717) is 22.6 Å². The molecule has 10 heteroatoms. The number of carbonyl (C=O) groups is 3. The highest BCUT2D eigenvalue weighted by molar-refractivity contribution is 7.92. The maximum Gasteiger partial charge on any atom is 0.244 e. The summed E-state index contributed by atoms with van der Waals surface area (Å²) in [6, 6.07) is 12.2. The molecule has 196 valence electrons. The van der Waals surface area contributed by atoms with Gasteiger partial charge in [-0.15, -0.1) is 0 Å². The van der Waals surface area contributed by atoms with Crippen molar-refractivity contribution in [1.29, 1.82) is 0 Å². The number of halogens is 1. The van der Waals surface area contributed by atoms with Crippen molar-refractivity contribution in [2.45, 2.75) is 59.2 Å². The Morgan fingerprint density at radius 1 is 1.06 bits per heavy atom. The number of nitrogens with zero attached hydrogens (tertiary/aromatic N) is 2. The molecule has 0 aliphatic heterocycles. The molecule has 0 fully saturated rings. The maximum atomic E-state index is 13.7. The SMILES string of the molecule is CC[C@H](C(=O)NC(C)(C)C)N(Cc1ccccc1Cl)C(=O)CN(c1cccc(C(C)=O)c1)S(C)(=O)=O. The van der Waals surface area contributed by atoms with Gasteiger partial charge in [0.1, 0.15) is 12.6 Å². The van der Waals surface area contributed by atoms with Crippen molar-refractivity contribution in [1.82, 2.24) is 10.2 Å². The van der Waals surface area contributed by atoms with Crippen LogP contribution in [0.3, 0.4) is 0 Å². The zero-order valence-corrected chi connectivity index (χ0v) is 23.1. The summed E-state index contributed by atoms with van der Waals surface area (Å²) >= 11 is 6.35. The van der Waals surface area contributed by atoms with Crippen molar-refractivity contribution in [2.24, 2.45) is 0 Å². The van der Waals surface area contributed by atoms with E-state index in [1.54, 1.807) is 43.3 Å². The number of carbonyl (C=O) groups excluding carboxylic acids is 3. The lowest BCUT2D eigenvalue weighted by molar-refractivity contribution is -0.141. The van der Waals surface area contributed by atoms with Gasteiger partial charge in [0.05, 0.1) is 11.9 Å². The van der Waals surface area contributed by atoms with Gasteiger partial charge in [-0.2, -0.15) is 0 Å². The lowest BCUT2D eigenvalue weighted by atomic mass is 10.1. The number of benzene rings is 2. The molecule has 1 N–H and O–H groups in total. The normalized spacial score (nSPS) is 12.5. The highest BCUT2D eigenvalue weighted by atomic mass is 35.5. The van der Waals surface area contributed by atoms with E-state index >= 15 is 0 Å². The molecule has 2 rings (SSSR count). The third-order valence-corrected chi connectivity index (χ3v) is 6.91. The summed E-state index contributed by atoms with van der Waals surface area (Å²) in [7, 11) is -3.90. The second-order valence-electron chi connectivity index (χ2n) is 9.65. The monoisotopic (exact) mass is 535 g/mol. The fourth-order valence-electron chi connectivity index (χ4n) is 3.68. The summed E-state index contributed by atoms with van der Waals surface area (Å²) in [6.07, 6.45) is 1.29. The minimum Gasteiger partial charge on any atom is -0.350 e. The first-order valence-corrected chi connectivity index (χ1v) is 13.8. The summed E-state index contributed by atoms with van der Waals surface area (Å²) < 4.78 is 26.4. The topological polar surface area (TPSA) is 104 Å². The molecule has 0 spiro atoms. The molecular formula is C26H34ClN3O5S. The van der Waals surface area contributed by atoms with E-state index in [9.17, 15) is 22.8 Å². The third-order valence-electron chi connectivity index (χ3n) is 5.40. The summed E-state index contributed by atoms with van der Waals surface area (Å²) in [5, 5.41) is 3.33. The summed E-state index contributed by atoms with van der Waals surface area (Å²) in [4.78, 5) is 40.1. The lowest BCUT2D eigenvalue weighted by Gasteiger charge is -2.34. The average Bonchev–Trinajstić information content (AvgIpc) is 2.76. The molecule has 0 heterocycles. The van der Waals surface area contributed by atoms with Crippen LogP contribution in [0.15, 0.2) is 48.5 Å². The van der Waals surface area contributed by atoms with E-state index in [-0.39, 0.29) is 23.9 Å². The molecule has 0 aliphatic rings. The van der Waals surface area contributed by atoms with Crippen LogP contribution in [0.1, 0.15) is 57.0 Å². The largest absolute Gasteiger partial charge is 0.350 e. The highest BCUT2D eigenvalue weighted by Gasteiger charge is 2.33. The minimum absolute atomic E-state index is 0.0136. The van der Waals surface area contributed by atoms with E-state index < -0.39 is 34.1 Å². The van der Waals surface area contributed by atoms with Gasteiger partial charge < -0.3 is 10.2 Å². The number of Topliss-reactive ketones (excluding diaryl/α,β-unsaturated/α-hetero) is 1. The fraction of sp³-hybridized carbons (Fsp3) is 0.423. The van der Waals surface area contributed by atoms with Crippen molar-refractivity contribution in [3.05, 3.63) is 64.7 Å². The summed E-state index contributed by atoms with van der Waals surface area (Å²) in [6.45, 7) is 8.13. The molecule has 2 amide bonds. The standard InChI is InChI=1S/C26H34ClN3O5S/c1-7-23(25(33)28-26(3,4)5)29(16-20-11-8-9-14-22(20)27)24(32)17-30(36(6,34)35)21-13-10-12-19(15-21)18(2)31/h8-15,23H,7,16-17H2,1-6H3,(H,28,33)/t23-/m1/s1. The van der Waals surface area contributed by atoms with Gasteiger partial charge in [0.25, 0.3) is 0 Å². The van der Waals surface area contributed by atoms with Gasteiger partial charge in [0, 0.05) is 22.7 Å². The Morgan fingerprint density at radius 3 is 2.22 bits per heavy atom. The quantitative estimate of drug-likeness (QED) is 0.462. The van der Waals surface area contributed by atoms with Gasteiger partial charge in [-0.3, -0.25) is 18.7 Å². The number of hydrogen-bond donors (Lipinski definition) is 1. The van der Waals surface area contributed by atoms with E-state index in [4.69, 9.17) is 11.6 Å². The average molecular weight is 536 g/mol. The van der Waals surface area contributed by atoms with Crippen LogP contribution in [-0.4, -0.2) is 55.3 Å². The number of rotatable bonds is 10. The van der Waals surface area contributed by atoms with Crippen LogP contribution >= 0.6 is 11.6 Å². The fourth-order valence-corrected chi connectivity index (χ4v) is 4.71. The highest BCUT2D eigenvalue weighted by Crippen LogP contribution is 2.23. The van der Waals surface area contributed by atoms with Gasteiger partial charge in [0.15, 0.2) is 5.78 Å². The Kier molecular flexibility index (Phi) is 9.68. The molecule has 2 aromatic carbocycles. The van der Waals surface area contributed by atoms with Gasteiger partial charge >= 0.3 is 0 Å². The molecule has 0 radical (unpaired) electrons. The van der Waals surface area contributed by atoms with Crippen LogP contribution in [0.25, 0.3) is 0 Å². The molecule has 0 saturated heterocycles. The third kappa shape index (κ3) is 8.06. The van der Waals surface area contributed by atoms with E-state index in [1.165, 1.54) is 24.0 Å². The zero-order chi connectivity index (χ0) is 27.3. The molecule has 0 aliphatic carbocycles. The number of sulfonamides is 1. The molecule has 0 aromatic heterocycles. The Labute approximate surface area is 218 Å². The van der Waals surface area contributed by atoms with Crippen LogP contribution in [0.5, 0.6) is 0 Å². The van der Waals surface area contributed by atoms with Gasteiger partial charge in [-0.1, -0.05) is 48.9 Å². The number of ketones is 1. The molecule has 0 bridgehead atoms. The first kappa shape index (κ1) is 29.3.